The van der Waals surface area contributed by atoms with Crippen LogP contribution in [0.3, 0.4) is 0 Å². The van der Waals surface area contributed by atoms with Crippen LogP contribution >= 0.6 is 0 Å². The Morgan fingerprint density at radius 3 is 2.32 bits per heavy atom. The zero-order valence-corrected chi connectivity index (χ0v) is 13.9. The fourth-order valence-corrected chi connectivity index (χ4v) is 2.05. The molecule has 0 aliphatic carbocycles. The fourth-order valence-electron chi connectivity index (χ4n) is 2.05. The van der Waals surface area contributed by atoms with Gasteiger partial charge in [-0.2, -0.15) is 13.2 Å². The molecule has 0 fully saturated rings. The van der Waals surface area contributed by atoms with Gasteiger partial charge in [0, 0.05) is 5.69 Å². The third-order valence-corrected chi connectivity index (χ3v) is 3.60. The standard InChI is InChI=1S/C18H19F3N2O2/c1-12-3-8-16(11-13(12)2)25-10-9-22-17(24)23-15-6-4-14(5-7-15)18(19,20)21/h3-8,11H,9-10H2,1-2H3,(H2,22,23,24). The second kappa shape index (κ2) is 7.92. The summed E-state index contributed by atoms with van der Waals surface area (Å²) < 4.78 is 42.9. The smallest absolute Gasteiger partial charge is 0.416 e. The second-order valence-electron chi connectivity index (χ2n) is 5.55. The molecule has 0 atom stereocenters. The number of alkyl halides is 3. The number of halogens is 3. The highest BCUT2D eigenvalue weighted by Gasteiger charge is 2.29. The van der Waals surface area contributed by atoms with Crippen molar-refractivity contribution >= 4 is 11.7 Å². The molecule has 0 aliphatic heterocycles. The highest BCUT2D eigenvalue weighted by Crippen LogP contribution is 2.29. The lowest BCUT2D eigenvalue weighted by molar-refractivity contribution is -0.137. The molecular formula is C18H19F3N2O2. The molecule has 0 aromatic heterocycles. The van der Waals surface area contributed by atoms with Gasteiger partial charge in [0.2, 0.25) is 0 Å². The summed E-state index contributed by atoms with van der Waals surface area (Å²) in [4.78, 5) is 11.7. The van der Waals surface area contributed by atoms with Gasteiger partial charge in [-0.3, -0.25) is 0 Å². The lowest BCUT2D eigenvalue weighted by Crippen LogP contribution is -2.32. The number of hydrogen-bond donors (Lipinski definition) is 2. The van der Waals surface area contributed by atoms with E-state index in [-0.39, 0.29) is 18.8 Å². The molecule has 2 aromatic carbocycles. The van der Waals surface area contributed by atoms with E-state index in [0.717, 1.165) is 17.7 Å². The molecule has 2 amide bonds. The van der Waals surface area contributed by atoms with Crippen molar-refractivity contribution in [3.63, 3.8) is 0 Å². The molecule has 0 spiro atoms. The molecule has 2 rings (SSSR count). The van der Waals surface area contributed by atoms with Crippen molar-refractivity contribution in [2.24, 2.45) is 0 Å². The second-order valence-corrected chi connectivity index (χ2v) is 5.55. The van der Waals surface area contributed by atoms with Crippen LogP contribution in [0, 0.1) is 13.8 Å². The van der Waals surface area contributed by atoms with E-state index >= 15 is 0 Å². The summed E-state index contributed by atoms with van der Waals surface area (Å²) in [5, 5.41) is 5.04. The zero-order chi connectivity index (χ0) is 18.4. The fraction of sp³-hybridized carbons (Fsp3) is 0.278. The maximum absolute atomic E-state index is 12.5. The Morgan fingerprint density at radius 1 is 1.04 bits per heavy atom. The number of benzene rings is 2. The maximum atomic E-state index is 12.5. The Bertz CT molecular complexity index is 728. The number of carbonyl (C=O) groups is 1. The van der Waals surface area contributed by atoms with E-state index < -0.39 is 17.8 Å². The van der Waals surface area contributed by atoms with Crippen molar-refractivity contribution in [3.05, 3.63) is 59.2 Å². The third-order valence-electron chi connectivity index (χ3n) is 3.60. The zero-order valence-electron chi connectivity index (χ0n) is 13.9. The number of nitrogens with one attached hydrogen (secondary N) is 2. The lowest BCUT2D eigenvalue weighted by Gasteiger charge is -2.11. The van der Waals surface area contributed by atoms with Crippen LogP contribution in [0.5, 0.6) is 5.75 Å². The molecule has 0 aliphatic rings. The van der Waals surface area contributed by atoms with Crippen molar-refractivity contribution in [1.29, 1.82) is 0 Å². The van der Waals surface area contributed by atoms with Crippen molar-refractivity contribution in [2.45, 2.75) is 20.0 Å². The van der Waals surface area contributed by atoms with Gasteiger partial charge in [-0.25, -0.2) is 4.79 Å². The predicted molar refractivity (Wildman–Crippen MR) is 89.9 cm³/mol. The number of ether oxygens (including phenoxy) is 1. The van der Waals surface area contributed by atoms with E-state index in [0.29, 0.717) is 5.75 Å². The van der Waals surface area contributed by atoms with Crippen molar-refractivity contribution in [3.8, 4) is 5.75 Å². The van der Waals surface area contributed by atoms with Crippen molar-refractivity contribution < 1.29 is 22.7 Å². The van der Waals surface area contributed by atoms with Crippen LogP contribution in [0.15, 0.2) is 42.5 Å². The van der Waals surface area contributed by atoms with Crippen LogP contribution < -0.4 is 15.4 Å². The number of urea groups is 1. The number of anilines is 1. The summed E-state index contributed by atoms with van der Waals surface area (Å²) in [6.45, 7) is 4.53. The Kier molecular flexibility index (Phi) is 5.90. The number of carbonyl (C=O) groups excluding carboxylic acids is 1. The Hall–Kier alpha value is -2.70. The SMILES string of the molecule is Cc1ccc(OCCNC(=O)Nc2ccc(C(F)(F)F)cc2)cc1C. The van der Waals surface area contributed by atoms with Crippen LogP contribution in [0.4, 0.5) is 23.7 Å². The van der Waals surface area contributed by atoms with Gasteiger partial charge in [0.1, 0.15) is 12.4 Å². The summed E-state index contributed by atoms with van der Waals surface area (Å²) in [6, 6.07) is 9.44. The van der Waals surface area contributed by atoms with Crippen molar-refractivity contribution in [2.75, 3.05) is 18.5 Å². The summed E-state index contributed by atoms with van der Waals surface area (Å²) in [6.07, 6.45) is -4.40. The molecule has 0 saturated heterocycles. The molecule has 0 bridgehead atoms. The lowest BCUT2D eigenvalue weighted by atomic mass is 10.1. The van der Waals surface area contributed by atoms with Gasteiger partial charge in [0.25, 0.3) is 0 Å². The first kappa shape index (κ1) is 18.6. The quantitative estimate of drug-likeness (QED) is 0.777. The van der Waals surface area contributed by atoms with Crippen LogP contribution in [-0.4, -0.2) is 19.2 Å². The molecule has 0 heterocycles. The van der Waals surface area contributed by atoms with E-state index in [4.69, 9.17) is 4.74 Å². The van der Waals surface area contributed by atoms with E-state index in [2.05, 4.69) is 10.6 Å². The first-order valence-corrected chi connectivity index (χ1v) is 7.68. The molecule has 0 unspecified atom stereocenters. The Morgan fingerprint density at radius 2 is 1.72 bits per heavy atom. The van der Waals surface area contributed by atoms with Gasteiger partial charge < -0.3 is 15.4 Å². The average Bonchev–Trinajstić information content (AvgIpc) is 2.54. The maximum Gasteiger partial charge on any atom is 0.416 e. The molecule has 2 N–H and O–H groups in total. The van der Waals surface area contributed by atoms with Gasteiger partial charge >= 0.3 is 12.2 Å². The molecular weight excluding hydrogens is 333 g/mol. The monoisotopic (exact) mass is 352 g/mol. The largest absolute Gasteiger partial charge is 0.492 e. The minimum atomic E-state index is -4.40. The van der Waals surface area contributed by atoms with Crippen LogP contribution in [0.2, 0.25) is 0 Å². The minimum absolute atomic E-state index is 0.263. The normalized spacial score (nSPS) is 11.1. The number of aryl methyl sites for hydroxylation is 2. The van der Waals surface area contributed by atoms with Crippen LogP contribution in [0.1, 0.15) is 16.7 Å². The van der Waals surface area contributed by atoms with Gasteiger partial charge in [0.15, 0.2) is 0 Å². The van der Waals surface area contributed by atoms with Gasteiger partial charge in [-0.15, -0.1) is 0 Å². The molecule has 0 radical (unpaired) electrons. The van der Waals surface area contributed by atoms with Gasteiger partial charge in [-0.05, 0) is 61.4 Å². The molecule has 134 valence electrons. The highest BCUT2D eigenvalue weighted by atomic mass is 19.4. The molecule has 7 heteroatoms. The van der Waals surface area contributed by atoms with E-state index in [9.17, 15) is 18.0 Å². The average molecular weight is 352 g/mol. The minimum Gasteiger partial charge on any atom is -0.492 e. The van der Waals surface area contributed by atoms with Gasteiger partial charge in [0.05, 0.1) is 12.1 Å². The first-order valence-electron chi connectivity index (χ1n) is 7.68. The Balaban J connectivity index is 1.74. The summed E-state index contributed by atoms with van der Waals surface area (Å²) in [5.74, 6) is 0.716. The third kappa shape index (κ3) is 5.70. The Labute approximate surface area is 144 Å². The summed E-state index contributed by atoms with van der Waals surface area (Å²) >= 11 is 0. The van der Waals surface area contributed by atoms with E-state index in [1.54, 1.807) is 0 Å². The number of amides is 2. The van der Waals surface area contributed by atoms with E-state index in [1.807, 2.05) is 32.0 Å². The predicted octanol–water partition coefficient (Wildman–Crippen LogP) is 4.52. The van der Waals surface area contributed by atoms with Crippen LogP contribution in [-0.2, 0) is 6.18 Å². The van der Waals surface area contributed by atoms with E-state index in [1.165, 1.54) is 17.7 Å². The number of hydrogen-bond acceptors (Lipinski definition) is 2. The molecule has 4 nitrogen and oxygen atoms in total. The van der Waals surface area contributed by atoms with Gasteiger partial charge in [-0.1, -0.05) is 6.07 Å². The van der Waals surface area contributed by atoms with Crippen molar-refractivity contribution in [1.82, 2.24) is 5.32 Å². The summed E-state index contributed by atoms with van der Waals surface area (Å²) in [5.41, 5.74) is 1.80. The molecule has 0 saturated carbocycles. The molecule has 2 aromatic rings. The highest BCUT2D eigenvalue weighted by molar-refractivity contribution is 5.89. The van der Waals surface area contributed by atoms with Crippen LogP contribution in [0.25, 0.3) is 0 Å². The topological polar surface area (TPSA) is 50.4 Å². The molecule has 25 heavy (non-hydrogen) atoms. The number of rotatable bonds is 5. The summed E-state index contributed by atoms with van der Waals surface area (Å²) in [7, 11) is 0. The first-order chi connectivity index (χ1) is 11.8.